The SMILES string of the molecule is Cc1ncsc1CCSc1ncccc1C(=O)O. The van der Waals surface area contributed by atoms with E-state index in [-0.39, 0.29) is 5.56 Å². The van der Waals surface area contributed by atoms with Gasteiger partial charge in [-0.05, 0) is 25.5 Å². The highest BCUT2D eigenvalue weighted by Crippen LogP contribution is 2.22. The van der Waals surface area contributed by atoms with Gasteiger partial charge in [0.15, 0.2) is 0 Å². The van der Waals surface area contributed by atoms with E-state index in [0.29, 0.717) is 5.03 Å². The van der Waals surface area contributed by atoms with Gasteiger partial charge in [-0.3, -0.25) is 0 Å². The maximum absolute atomic E-state index is 11.0. The van der Waals surface area contributed by atoms with E-state index < -0.39 is 5.97 Å². The molecule has 0 saturated heterocycles. The molecule has 2 rings (SSSR count). The fourth-order valence-corrected chi connectivity index (χ4v) is 3.33. The van der Waals surface area contributed by atoms with Crippen LogP contribution in [0.4, 0.5) is 0 Å². The summed E-state index contributed by atoms with van der Waals surface area (Å²) in [6, 6.07) is 3.22. The second-order valence-electron chi connectivity index (χ2n) is 3.62. The molecular formula is C12H12N2O2S2. The van der Waals surface area contributed by atoms with Gasteiger partial charge in [0, 0.05) is 16.8 Å². The summed E-state index contributed by atoms with van der Waals surface area (Å²) in [4.78, 5) is 20.6. The number of hydrogen-bond donors (Lipinski definition) is 1. The molecular weight excluding hydrogens is 268 g/mol. The number of hydrogen-bond acceptors (Lipinski definition) is 5. The molecule has 0 atom stereocenters. The lowest BCUT2D eigenvalue weighted by molar-refractivity contribution is 0.0692. The van der Waals surface area contributed by atoms with Crippen molar-refractivity contribution in [2.24, 2.45) is 0 Å². The van der Waals surface area contributed by atoms with Gasteiger partial charge in [-0.1, -0.05) is 0 Å². The van der Waals surface area contributed by atoms with Crippen LogP contribution in [-0.4, -0.2) is 26.8 Å². The molecule has 2 heterocycles. The predicted molar refractivity (Wildman–Crippen MR) is 72.5 cm³/mol. The highest BCUT2D eigenvalue weighted by Gasteiger charge is 2.11. The topological polar surface area (TPSA) is 63.1 Å². The van der Waals surface area contributed by atoms with Crippen molar-refractivity contribution in [3.8, 4) is 0 Å². The first kappa shape index (κ1) is 13.0. The Labute approximate surface area is 113 Å². The number of aryl methyl sites for hydroxylation is 2. The molecule has 0 radical (unpaired) electrons. The predicted octanol–water partition coefficient (Wildman–Crippen LogP) is 2.88. The van der Waals surface area contributed by atoms with Gasteiger partial charge in [-0.2, -0.15) is 0 Å². The van der Waals surface area contributed by atoms with Gasteiger partial charge >= 0.3 is 5.97 Å². The van der Waals surface area contributed by atoms with Crippen molar-refractivity contribution >= 4 is 29.1 Å². The standard InChI is InChI=1S/C12H12N2O2S2/c1-8-10(18-7-14-8)4-6-17-11-9(12(15)16)3-2-5-13-11/h2-3,5,7H,4,6H2,1H3,(H,15,16). The van der Waals surface area contributed by atoms with Crippen molar-refractivity contribution in [1.82, 2.24) is 9.97 Å². The fraction of sp³-hybridized carbons (Fsp3) is 0.250. The summed E-state index contributed by atoms with van der Waals surface area (Å²) in [7, 11) is 0. The van der Waals surface area contributed by atoms with Crippen LogP contribution in [0.5, 0.6) is 0 Å². The minimum absolute atomic E-state index is 0.267. The van der Waals surface area contributed by atoms with Crippen molar-refractivity contribution < 1.29 is 9.90 Å². The Hall–Kier alpha value is -1.40. The normalized spacial score (nSPS) is 10.5. The van der Waals surface area contributed by atoms with Crippen LogP contribution in [0.1, 0.15) is 20.9 Å². The summed E-state index contributed by atoms with van der Waals surface area (Å²) in [6.45, 7) is 1.99. The van der Waals surface area contributed by atoms with Crippen molar-refractivity contribution in [1.29, 1.82) is 0 Å². The molecule has 0 bridgehead atoms. The average molecular weight is 280 g/mol. The third-order valence-corrected chi connectivity index (χ3v) is 4.42. The van der Waals surface area contributed by atoms with Crippen LogP contribution < -0.4 is 0 Å². The highest BCUT2D eigenvalue weighted by molar-refractivity contribution is 7.99. The Morgan fingerprint density at radius 2 is 2.33 bits per heavy atom. The number of rotatable bonds is 5. The number of thioether (sulfide) groups is 1. The van der Waals surface area contributed by atoms with Crippen LogP contribution in [-0.2, 0) is 6.42 Å². The number of carboxylic acids is 1. The lowest BCUT2D eigenvalue weighted by Gasteiger charge is -2.03. The lowest BCUT2D eigenvalue weighted by Crippen LogP contribution is -2.01. The summed E-state index contributed by atoms with van der Waals surface area (Å²) < 4.78 is 0. The molecule has 0 aliphatic heterocycles. The molecule has 6 heteroatoms. The van der Waals surface area contributed by atoms with Gasteiger partial charge in [-0.15, -0.1) is 23.1 Å². The first-order chi connectivity index (χ1) is 8.68. The quantitative estimate of drug-likeness (QED) is 0.853. The summed E-state index contributed by atoms with van der Waals surface area (Å²) in [6.07, 6.45) is 2.50. The van der Waals surface area contributed by atoms with E-state index in [1.165, 1.54) is 16.6 Å². The molecule has 0 unspecified atom stereocenters. The molecule has 2 aromatic rings. The summed E-state index contributed by atoms with van der Waals surface area (Å²) in [5.41, 5.74) is 3.15. The van der Waals surface area contributed by atoms with E-state index in [1.54, 1.807) is 29.7 Å². The zero-order valence-electron chi connectivity index (χ0n) is 9.79. The van der Waals surface area contributed by atoms with Crippen LogP contribution in [0.25, 0.3) is 0 Å². The molecule has 0 aliphatic carbocycles. The highest BCUT2D eigenvalue weighted by atomic mass is 32.2. The molecule has 94 valence electrons. The van der Waals surface area contributed by atoms with Crippen molar-refractivity contribution in [2.45, 2.75) is 18.4 Å². The fourth-order valence-electron chi connectivity index (χ4n) is 1.48. The Morgan fingerprint density at radius 3 is 3.00 bits per heavy atom. The largest absolute Gasteiger partial charge is 0.478 e. The molecule has 0 fully saturated rings. The number of thiazole rings is 1. The van der Waals surface area contributed by atoms with Crippen LogP contribution >= 0.6 is 23.1 Å². The number of aromatic nitrogens is 2. The van der Waals surface area contributed by atoms with E-state index in [9.17, 15) is 4.79 Å². The first-order valence-corrected chi connectivity index (χ1v) is 7.25. The van der Waals surface area contributed by atoms with Gasteiger partial charge in [0.25, 0.3) is 0 Å². The molecule has 4 nitrogen and oxygen atoms in total. The van der Waals surface area contributed by atoms with Gasteiger partial charge < -0.3 is 5.11 Å². The van der Waals surface area contributed by atoms with Crippen LogP contribution in [0.2, 0.25) is 0 Å². The van der Waals surface area contributed by atoms with Crippen LogP contribution in [0.15, 0.2) is 28.9 Å². The molecule has 2 aromatic heterocycles. The molecule has 0 aromatic carbocycles. The van der Waals surface area contributed by atoms with Crippen LogP contribution in [0.3, 0.4) is 0 Å². The van der Waals surface area contributed by atoms with E-state index in [4.69, 9.17) is 5.11 Å². The Kier molecular flexibility index (Phi) is 4.33. The van der Waals surface area contributed by atoms with Gasteiger partial charge in [-0.25, -0.2) is 14.8 Å². The van der Waals surface area contributed by atoms with Gasteiger partial charge in [0.05, 0.1) is 16.8 Å². The first-order valence-electron chi connectivity index (χ1n) is 5.38. The Balaban J connectivity index is 1.99. The third-order valence-electron chi connectivity index (χ3n) is 2.41. The van der Waals surface area contributed by atoms with E-state index in [1.807, 2.05) is 12.4 Å². The van der Waals surface area contributed by atoms with Crippen molar-refractivity contribution in [2.75, 3.05) is 5.75 Å². The third kappa shape index (κ3) is 3.08. The number of carbonyl (C=O) groups is 1. The van der Waals surface area contributed by atoms with Gasteiger partial charge in [0.1, 0.15) is 5.03 Å². The number of carboxylic acid groups (broad SMARTS) is 1. The zero-order valence-corrected chi connectivity index (χ0v) is 11.4. The monoisotopic (exact) mass is 280 g/mol. The Bertz CT molecular complexity index is 555. The maximum Gasteiger partial charge on any atom is 0.338 e. The molecule has 0 aliphatic rings. The molecule has 18 heavy (non-hydrogen) atoms. The Morgan fingerprint density at radius 1 is 1.50 bits per heavy atom. The van der Waals surface area contributed by atoms with Gasteiger partial charge in [0.2, 0.25) is 0 Å². The summed E-state index contributed by atoms with van der Waals surface area (Å²) in [5.74, 6) is -0.125. The molecule has 0 amide bonds. The second-order valence-corrected chi connectivity index (χ2v) is 5.64. The lowest BCUT2D eigenvalue weighted by atomic mass is 10.3. The summed E-state index contributed by atoms with van der Waals surface area (Å²) in [5, 5.41) is 9.61. The maximum atomic E-state index is 11.0. The number of pyridine rings is 1. The van der Waals surface area contributed by atoms with E-state index >= 15 is 0 Å². The number of aromatic carboxylic acids is 1. The smallest absolute Gasteiger partial charge is 0.338 e. The van der Waals surface area contributed by atoms with E-state index in [0.717, 1.165) is 17.9 Å². The van der Waals surface area contributed by atoms with Crippen LogP contribution in [0, 0.1) is 6.92 Å². The minimum Gasteiger partial charge on any atom is -0.478 e. The minimum atomic E-state index is -0.931. The summed E-state index contributed by atoms with van der Waals surface area (Å²) >= 11 is 3.10. The van der Waals surface area contributed by atoms with Crippen molar-refractivity contribution in [3.63, 3.8) is 0 Å². The second kappa shape index (κ2) is 5.97. The molecule has 0 saturated carbocycles. The number of nitrogens with zero attached hydrogens (tertiary/aromatic N) is 2. The molecule has 1 N–H and O–H groups in total. The zero-order chi connectivity index (χ0) is 13.0. The van der Waals surface area contributed by atoms with E-state index in [2.05, 4.69) is 9.97 Å². The molecule has 0 spiro atoms. The van der Waals surface area contributed by atoms with Crippen molar-refractivity contribution in [3.05, 3.63) is 40.0 Å². The average Bonchev–Trinajstić information content (AvgIpc) is 2.76.